The predicted octanol–water partition coefficient (Wildman–Crippen LogP) is 2.13. The molecule has 0 unspecified atom stereocenters. The molecule has 144 valence electrons. The summed E-state index contributed by atoms with van der Waals surface area (Å²) in [6.45, 7) is 3.31. The quantitative estimate of drug-likeness (QED) is 0.791. The number of aryl methyl sites for hydroxylation is 1. The molecular weight excluding hydrogens is 362 g/mol. The summed E-state index contributed by atoms with van der Waals surface area (Å²) in [7, 11) is 0. The number of nitrogens with one attached hydrogen (secondary N) is 2. The van der Waals surface area contributed by atoms with Gasteiger partial charge in [-0.1, -0.05) is 29.8 Å². The first-order valence-electron chi connectivity index (χ1n) is 8.77. The summed E-state index contributed by atoms with van der Waals surface area (Å²) < 4.78 is 10.5. The molecule has 0 bridgehead atoms. The van der Waals surface area contributed by atoms with E-state index >= 15 is 0 Å². The van der Waals surface area contributed by atoms with Crippen molar-refractivity contribution in [2.45, 2.75) is 19.4 Å². The molecule has 0 radical (unpaired) electrons. The van der Waals surface area contributed by atoms with Crippen molar-refractivity contribution in [3.63, 3.8) is 0 Å². The number of fused-ring (bicyclic) bond motifs is 1. The van der Waals surface area contributed by atoms with Gasteiger partial charge in [0, 0.05) is 11.8 Å². The minimum atomic E-state index is -1.20. The Morgan fingerprint density at radius 3 is 2.61 bits per heavy atom. The van der Waals surface area contributed by atoms with Gasteiger partial charge in [-0.25, -0.2) is 4.79 Å². The second-order valence-corrected chi connectivity index (χ2v) is 6.93. The molecule has 2 aliphatic heterocycles. The number of amides is 4. The number of ether oxygens (including phenoxy) is 2. The average molecular weight is 381 g/mol. The molecule has 2 heterocycles. The SMILES string of the molecule is Cc1ccc([C@@]2(C)NC(=O)N(CC(=O)Nc3ccc4c(c3)OCO4)C2=O)cc1. The predicted molar refractivity (Wildman–Crippen MR) is 100.0 cm³/mol. The molecule has 1 fully saturated rings. The topological polar surface area (TPSA) is 97.0 Å². The largest absolute Gasteiger partial charge is 0.454 e. The summed E-state index contributed by atoms with van der Waals surface area (Å²) in [6, 6.07) is 11.7. The van der Waals surface area contributed by atoms with Gasteiger partial charge in [0.25, 0.3) is 5.91 Å². The first kappa shape index (κ1) is 17.8. The molecule has 8 nitrogen and oxygen atoms in total. The van der Waals surface area contributed by atoms with Crippen LogP contribution in [0.4, 0.5) is 10.5 Å². The molecule has 0 aliphatic carbocycles. The van der Waals surface area contributed by atoms with Gasteiger partial charge in [0.2, 0.25) is 12.7 Å². The lowest BCUT2D eigenvalue weighted by Gasteiger charge is -2.22. The van der Waals surface area contributed by atoms with Crippen molar-refractivity contribution < 1.29 is 23.9 Å². The van der Waals surface area contributed by atoms with Crippen LogP contribution in [0.2, 0.25) is 0 Å². The standard InChI is InChI=1S/C20H19N3O5/c1-12-3-5-13(6-4-12)20(2)18(25)23(19(26)22-20)10-17(24)21-14-7-8-15-16(9-14)28-11-27-15/h3-9H,10-11H2,1-2H3,(H,21,24)(H,22,26)/t20-/m1/s1. The number of imide groups is 1. The highest BCUT2D eigenvalue weighted by Crippen LogP contribution is 2.34. The monoisotopic (exact) mass is 381 g/mol. The van der Waals surface area contributed by atoms with Crippen LogP contribution < -0.4 is 20.1 Å². The van der Waals surface area contributed by atoms with Crippen molar-refractivity contribution in [1.82, 2.24) is 10.2 Å². The molecule has 28 heavy (non-hydrogen) atoms. The fraction of sp³-hybridized carbons (Fsp3) is 0.250. The minimum absolute atomic E-state index is 0.132. The Balaban J connectivity index is 1.47. The van der Waals surface area contributed by atoms with Crippen molar-refractivity contribution >= 4 is 23.5 Å². The molecule has 4 rings (SSSR count). The number of benzene rings is 2. The number of urea groups is 1. The molecule has 0 spiro atoms. The van der Waals surface area contributed by atoms with E-state index in [1.165, 1.54) is 0 Å². The number of rotatable bonds is 4. The lowest BCUT2D eigenvalue weighted by Crippen LogP contribution is -2.42. The molecule has 4 amide bonds. The van der Waals surface area contributed by atoms with E-state index in [-0.39, 0.29) is 13.3 Å². The van der Waals surface area contributed by atoms with Gasteiger partial charge in [-0.3, -0.25) is 14.5 Å². The van der Waals surface area contributed by atoms with Crippen LogP contribution in [-0.2, 0) is 15.1 Å². The van der Waals surface area contributed by atoms with Crippen LogP contribution >= 0.6 is 0 Å². The highest BCUT2D eigenvalue weighted by molar-refractivity contribution is 6.10. The van der Waals surface area contributed by atoms with Crippen molar-refractivity contribution in [2.75, 3.05) is 18.7 Å². The first-order valence-corrected chi connectivity index (χ1v) is 8.77. The van der Waals surface area contributed by atoms with E-state index in [1.807, 2.05) is 19.1 Å². The number of anilines is 1. The van der Waals surface area contributed by atoms with E-state index in [2.05, 4.69) is 10.6 Å². The summed E-state index contributed by atoms with van der Waals surface area (Å²) in [5, 5.41) is 5.36. The molecule has 2 N–H and O–H groups in total. The van der Waals surface area contributed by atoms with Gasteiger partial charge in [-0.05, 0) is 31.5 Å². The normalized spacial score (nSPS) is 20.3. The van der Waals surface area contributed by atoms with Crippen molar-refractivity contribution in [1.29, 1.82) is 0 Å². The Morgan fingerprint density at radius 1 is 1.14 bits per heavy atom. The zero-order chi connectivity index (χ0) is 19.9. The third kappa shape index (κ3) is 3.02. The van der Waals surface area contributed by atoms with Gasteiger partial charge in [-0.15, -0.1) is 0 Å². The van der Waals surface area contributed by atoms with Crippen molar-refractivity contribution in [2.24, 2.45) is 0 Å². The summed E-state index contributed by atoms with van der Waals surface area (Å²) in [5.41, 5.74) is 0.992. The van der Waals surface area contributed by atoms with Crippen LogP contribution in [0, 0.1) is 6.92 Å². The smallest absolute Gasteiger partial charge is 0.325 e. The Morgan fingerprint density at radius 2 is 1.86 bits per heavy atom. The maximum absolute atomic E-state index is 12.9. The summed E-state index contributed by atoms with van der Waals surface area (Å²) in [5.74, 6) is 0.165. The number of nitrogens with zero attached hydrogens (tertiary/aromatic N) is 1. The zero-order valence-corrected chi connectivity index (χ0v) is 15.4. The second kappa shape index (κ2) is 6.56. The van der Waals surface area contributed by atoms with Crippen LogP contribution in [0.15, 0.2) is 42.5 Å². The Hall–Kier alpha value is -3.55. The number of carbonyl (C=O) groups excluding carboxylic acids is 3. The Bertz CT molecular complexity index is 972. The molecule has 0 aromatic heterocycles. The molecule has 1 saturated heterocycles. The zero-order valence-electron chi connectivity index (χ0n) is 15.4. The molecular formula is C20H19N3O5. The highest BCUT2D eigenvalue weighted by Gasteiger charge is 2.49. The van der Waals surface area contributed by atoms with Crippen LogP contribution in [-0.4, -0.2) is 36.1 Å². The van der Waals surface area contributed by atoms with Crippen LogP contribution in [0.25, 0.3) is 0 Å². The summed E-state index contributed by atoms with van der Waals surface area (Å²) in [6.07, 6.45) is 0. The van der Waals surface area contributed by atoms with Crippen LogP contribution in [0.3, 0.4) is 0 Å². The van der Waals surface area contributed by atoms with E-state index in [1.54, 1.807) is 37.3 Å². The first-order chi connectivity index (χ1) is 13.4. The molecule has 1 atom stereocenters. The van der Waals surface area contributed by atoms with Gasteiger partial charge in [-0.2, -0.15) is 0 Å². The lowest BCUT2D eigenvalue weighted by molar-refractivity contribution is -0.133. The lowest BCUT2D eigenvalue weighted by atomic mass is 9.91. The van der Waals surface area contributed by atoms with E-state index in [0.717, 1.165) is 10.5 Å². The van der Waals surface area contributed by atoms with Crippen molar-refractivity contribution in [3.8, 4) is 11.5 Å². The van der Waals surface area contributed by atoms with E-state index in [0.29, 0.717) is 22.7 Å². The van der Waals surface area contributed by atoms with E-state index < -0.39 is 23.4 Å². The average Bonchev–Trinajstić information content (AvgIpc) is 3.21. The third-order valence-electron chi connectivity index (χ3n) is 4.86. The van der Waals surface area contributed by atoms with Crippen LogP contribution in [0.1, 0.15) is 18.1 Å². The van der Waals surface area contributed by atoms with E-state index in [9.17, 15) is 14.4 Å². The van der Waals surface area contributed by atoms with Crippen LogP contribution in [0.5, 0.6) is 11.5 Å². The maximum Gasteiger partial charge on any atom is 0.325 e. The summed E-state index contributed by atoms with van der Waals surface area (Å²) in [4.78, 5) is 38.6. The van der Waals surface area contributed by atoms with Gasteiger partial charge < -0.3 is 20.1 Å². The molecule has 2 aromatic carbocycles. The number of hydrogen-bond acceptors (Lipinski definition) is 5. The fourth-order valence-corrected chi connectivity index (χ4v) is 3.24. The van der Waals surface area contributed by atoms with Crippen molar-refractivity contribution in [3.05, 3.63) is 53.6 Å². The fourth-order valence-electron chi connectivity index (χ4n) is 3.24. The number of carbonyl (C=O) groups is 3. The molecule has 2 aromatic rings. The summed E-state index contributed by atoms with van der Waals surface area (Å²) >= 11 is 0. The molecule has 8 heteroatoms. The van der Waals surface area contributed by atoms with Gasteiger partial charge >= 0.3 is 6.03 Å². The van der Waals surface area contributed by atoms with Gasteiger partial charge in [0.1, 0.15) is 12.1 Å². The minimum Gasteiger partial charge on any atom is -0.454 e. The molecule has 0 saturated carbocycles. The van der Waals surface area contributed by atoms with Gasteiger partial charge in [0.15, 0.2) is 11.5 Å². The Kier molecular flexibility index (Phi) is 4.18. The second-order valence-electron chi connectivity index (χ2n) is 6.93. The maximum atomic E-state index is 12.9. The Labute approximate surface area is 161 Å². The number of hydrogen-bond donors (Lipinski definition) is 2. The highest BCUT2D eigenvalue weighted by atomic mass is 16.7. The van der Waals surface area contributed by atoms with Gasteiger partial charge in [0.05, 0.1) is 0 Å². The third-order valence-corrected chi connectivity index (χ3v) is 4.86. The van der Waals surface area contributed by atoms with E-state index in [4.69, 9.17) is 9.47 Å². The molecule has 2 aliphatic rings.